The molecule has 0 unspecified atom stereocenters. The lowest BCUT2D eigenvalue weighted by molar-refractivity contribution is 0.0970. The molecule has 1 aliphatic carbocycles. The molecule has 0 saturated heterocycles. The highest BCUT2D eigenvalue weighted by Crippen LogP contribution is 2.35. The number of methoxy groups -OCH3 is 1. The highest BCUT2D eigenvalue weighted by molar-refractivity contribution is 5.96. The standard InChI is InChI=1S/C22H24N6O3/c1-31-16-4-2-3-15(9-16)18(29)12-27-13-26-19-17(10-24)21(25-8-7-23)28(11-14-5-6-14)20(19)22(27)30/h2-4,9,13-14,25H,5-8,11-12,23H2,1H3. The third-order valence-electron chi connectivity index (χ3n) is 5.42. The van der Waals surface area contributed by atoms with Gasteiger partial charge in [0.05, 0.1) is 20.0 Å². The van der Waals surface area contributed by atoms with E-state index < -0.39 is 0 Å². The number of benzene rings is 1. The number of aromatic nitrogens is 3. The summed E-state index contributed by atoms with van der Waals surface area (Å²) in [6.07, 6.45) is 3.50. The molecular weight excluding hydrogens is 396 g/mol. The van der Waals surface area contributed by atoms with Crippen molar-refractivity contribution in [2.45, 2.75) is 25.9 Å². The molecule has 4 rings (SSSR count). The van der Waals surface area contributed by atoms with Gasteiger partial charge in [0, 0.05) is 25.2 Å². The molecule has 3 aromatic rings. The van der Waals surface area contributed by atoms with Crippen LogP contribution >= 0.6 is 0 Å². The van der Waals surface area contributed by atoms with Gasteiger partial charge in [-0.25, -0.2) is 4.98 Å². The fraction of sp³-hybridized carbons (Fsp3) is 0.364. The van der Waals surface area contributed by atoms with Crippen LogP contribution in [0.2, 0.25) is 0 Å². The zero-order valence-electron chi connectivity index (χ0n) is 17.3. The van der Waals surface area contributed by atoms with E-state index in [1.807, 2.05) is 4.57 Å². The van der Waals surface area contributed by atoms with Gasteiger partial charge in [-0.05, 0) is 30.9 Å². The summed E-state index contributed by atoms with van der Waals surface area (Å²) in [5.74, 6) is 1.37. The van der Waals surface area contributed by atoms with Crippen molar-refractivity contribution >= 4 is 22.6 Å². The second-order valence-electron chi connectivity index (χ2n) is 7.63. The Morgan fingerprint density at radius 3 is 2.90 bits per heavy atom. The third kappa shape index (κ3) is 4.02. The lowest BCUT2D eigenvalue weighted by atomic mass is 10.1. The van der Waals surface area contributed by atoms with Gasteiger partial charge in [0.1, 0.15) is 34.2 Å². The summed E-state index contributed by atoms with van der Waals surface area (Å²) < 4.78 is 8.30. The summed E-state index contributed by atoms with van der Waals surface area (Å²) in [5.41, 5.74) is 6.74. The average molecular weight is 420 g/mol. The fourth-order valence-electron chi connectivity index (χ4n) is 3.64. The van der Waals surface area contributed by atoms with E-state index in [-0.39, 0.29) is 17.9 Å². The van der Waals surface area contributed by atoms with Crippen molar-refractivity contribution in [2.24, 2.45) is 11.7 Å². The number of Topliss-reactive ketones (excluding diaryl/α,β-unsaturated/α-hetero) is 1. The monoisotopic (exact) mass is 420 g/mol. The number of hydrogen-bond acceptors (Lipinski definition) is 7. The second kappa shape index (κ2) is 8.62. The van der Waals surface area contributed by atoms with Gasteiger partial charge >= 0.3 is 0 Å². The summed E-state index contributed by atoms with van der Waals surface area (Å²) in [5, 5.41) is 12.9. The van der Waals surface area contributed by atoms with E-state index in [0.717, 1.165) is 12.8 Å². The molecule has 0 amide bonds. The summed E-state index contributed by atoms with van der Waals surface area (Å²) in [6, 6.07) is 8.97. The minimum atomic E-state index is -0.348. The van der Waals surface area contributed by atoms with Crippen molar-refractivity contribution in [1.82, 2.24) is 14.1 Å². The Hall–Kier alpha value is -3.64. The Balaban J connectivity index is 1.77. The lowest BCUT2D eigenvalue weighted by Crippen LogP contribution is -2.26. The summed E-state index contributed by atoms with van der Waals surface area (Å²) in [7, 11) is 1.53. The molecule has 9 nitrogen and oxygen atoms in total. The number of ketones is 1. The number of carbonyl (C=O) groups excluding carboxylic acids is 1. The molecule has 0 atom stereocenters. The number of anilines is 1. The molecule has 1 aromatic carbocycles. The maximum atomic E-state index is 13.4. The molecular formula is C22H24N6O3. The molecule has 3 N–H and O–H groups in total. The van der Waals surface area contributed by atoms with Gasteiger partial charge in [-0.3, -0.25) is 14.2 Å². The Bertz CT molecular complexity index is 1230. The number of fused-ring (bicyclic) bond motifs is 1. The maximum Gasteiger partial charge on any atom is 0.278 e. The predicted octanol–water partition coefficient (Wildman–Crippen LogP) is 1.74. The van der Waals surface area contributed by atoms with E-state index in [1.165, 1.54) is 18.0 Å². The number of hydrogen-bond donors (Lipinski definition) is 2. The minimum absolute atomic E-state index is 0.156. The summed E-state index contributed by atoms with van der Waals surface area (Å²) in [4.78, 5) is 30.5. The fourth-order valence-corrected chi connectivity index (χ4v) is 3.64. The molecule has 1 saturated carbocycles. The topological polar surface area (TPSA) is 128 Å². The third-order valence-corrected chi connectivity index (χ3v) is 5.42. The minimum Gasteiger partial charge on any atom is -0.497 e. The summed E-state index contributed by atoms with van der Waals surface area (Å²) >= 11 is 0. The average Bonchev–Trinajstić information content (AvgIpc) is 3.55. The molecule has 2 heterocycles. The van der Waals surface area contributed by atoms with Crippen LogP contribution in [0.3, 0.4) is 0 Å². The highest BCUT2D eigenvalue weighted by Gasteiger charge is 2.28. The number of ether oxygens (including phenoxy) is 1. The Morgan fingerprint density at radius 2 is 2.23 bits per heavy atom. The van der Waals surface area contributed by atoms with Crippen molar-refractivity contribution in [3.8, 4) is 11.8 Å². The molecule has 9 heteroatoms. The predicted molar refractivity (Wildman–Crippen MR) is 116 cm³/mol. The van der Waals surface area contributed by atoms with Gasteiger partial charge in [0.15, 0.2) is 5.78 Å². The maximum absolute atomic E-state index is 13.4. The molecule has 0 bridgehead atoms. The van der Waals surface area contributed by atoms with E-state index in [4.69, 9.17) is 10.5 Å². The van der Waals surface area contributed by atoms with Gasteiger partial charge in [0.25, 0.3) is 5.56 Å². The van der Waals surface area contributed by atoms with Gasteiger partial charge in [-0.1, -0.05) is 12.1 Å². The van der Waals surface area contributed by atoms with Crippen LogP contribution in [0.5, 0.6) is 5.75 Å². The smallest absolute Gasteiger partial charge is 0.278 e. The largest absolute Gasteiger partial charge is 0.497 e. The Kier molecular flexibility index (Phi) is 5.73. The van der Waals surface area contributed by atoms with Crippen LogP contribution in [-0.2, 0) is 13.1 Å². The van der Waals surface area contributed by atoms with Gasteiger partial charge in [0.2, 0.25) is 0 Å². The molecule has 1 aliphatic rings. The first-order valence-electron chi connectivity index (χ1n) is 10.2. The number of nitrogens with one attached hydrogen (secondary N) is 1. The SMILES string of the molecule is COc1cccc(C(=O)Cn2cnc3c(C#N)c(NCCN)n(CC4CC4)c3c2=O)c1. The molecule has 0 radical (unpaired) electrons. The van der Waals surface area contributed by atoms with Crippen molar-refractivity contribution in [3.63, 3.8) is 0 Å². The molecule has 1 fully saturated rings. The molecule has 2 aromatic heterocycles. The number of nitrogens with two attached hydrogens (primary N) is 1. The van der Waals surface area contributed by atoms with Gasteiger partial charge in [-0.2, -0.15) is 5.26 Å². The van der Waals surface area contributed by atoms with Crippen molar-refractivity contribution in [3.05, 3.63) is 52.1 Å². The van der Waals surface area contributed by atoms with Crippen LogP contribution in [0.25, 0.3) is 11.0 Å². The first kappa shape index (κ1) is 20.6. The quantitative estimate of drug-likeness (QED) is 0.505. The number of nitriles is 1. The summed E-state index contributed by atoms with van der Waals surface area (Å²) in [6.45, 7) is 1.33. The van der Waals surface area contributed by atoms with Crippen LogP contribution in [0, 0.1) is 17.2 Å². The van der Waals surface area contributed by atoms with Crippen LogP contribution < -0.4 is 21.3 Å². The molecule has 160 valence electrons. The van der Waals surface area contributed by atoms with Crippen LogP contribution in [0.1, 0.15) is 28.8 Å². The zero-order chi connectivity index (χ0) is 22.0. The lowest BCUT2D eigenvalue weighted by Gasteiger charge is -2.12. The number of rotatable bonds is 9. The van der Waals surface area contributed by atoms with E-state index in [2.05, 4.69) is 16.4 Å². The second-order valence-corrected chi connectivity index (χ2v) is 7.63. The molecule has 31 heavy (non-hydrogen) atoms. The van der Waals surface area contributed by atoms with E-state index >= 15 is 0 Å². The van der Waals surface area contributed by atoms with Crippen LogP contribution in [0.4, 0.5) is 5.82 Å². The van der Waals surface area contributed by atoms with Crippen LogP contribution in [-0.4, -0.2) is 40.1 Å². The first-order chi connectivity index (χ1) is 15.1. The normalized spacial score (nSPS) is 13.2. The van der Waals surface area contributed by atoms with E-state index in [9.17, 15) is 14.9 Å². The first-order valence-corrected chi connectivity index (χ1v) is 10.2. The number of carbonyl (C=O) groups is 1. The van der Waals surface area contributed by atoms with Gasteiger partial charge in [-0.15, -0.1) is 0 Å². The van der Waals surface area contributed by atoms with Crippen molar-refractivity contribution in [1.29, 1.82) is 5.26 Å². The highest BCUT2D eigenvalue weighted by atomic mass is 16.5. The Morgan fingerprint density at radius 1 is 1.42 bits per heavy atom. The molecule has 0 aliphatic heterocycles. The van der Waals surface area contributed by atoms with Crippen LogP contribution in [0.15, 0.2) is 35.4 Å². The molecule has 0 spiro atoms. The van der Waals surface area contributed by atoms with Gasteiger partial charge < -0.3 is 20.4 Å². The number of nitrogens with zero attached hydrogens (tertiary/aromatic N) is 4. The zero-order valence-corrected chi connectivity index (χ0v) is 17.3. The van der Waals surface area contributed by atoms with Crippen molar-refractivity contribution in [2.75, 3.05) is 25.5 Å². The van der Waals surface area contributed by atoms with Crippen molar-refractivity contribution < 1.29 is 9.53 Å². The van der Waals surface area contributed by atoms with E-state index in [0.29, 0.717) is 59.3 Å². The Labute approximate surface area is 179 Å². The van der Waals surface area contributed by atoms with E-state index in [1.54, 1.807) is 24.3 Å².